The fourth-order valence-corrected chi connectivity index (χ4v) is 1.70. The number of nitro benzene ring substituents is 1. The van der Waals surface area contributed by atoms with Crippen LogP contribution in [0.25, 0.3) is 0 Å². The molecule has 0 amide bonds. The van der Waals surface area contributed by atoms with Crippen LogP contribution >= 0.6 is 0 Å². The molecule has 1 aromatic rings. The Hall–Kier alpha value is -1.71. The summed E-state index contributed by atoms with van der Waals surface area (Å²) in [4.78, 5) is 9.71. The molecule has 4 N–H and O–H groups in total. The molecule has 1 aromatic carbocycles. The van der Waals surface area contributed by atoms with Gasteiger partial charge < -0.3 is 15.9 Å². The summed E-state index contributed by atoms with van der Waals surface area (Å²) in [6.45, 7) is -0.0471. The van der Waals surface area contributed by atoms with Crippen LogP contribution in [0.15, 0.2) is 18.2 Å². The van der Waals surface area contributed by atoms with E-state index in [-0.39, 0.29) is 13.0 Å². The van der Waals surface area contributed by atoms with Gasteiger partial charge in [0, 0.05) is 17.7 Å². The largest absolute Gasteiger partial charge is 0.416 e. The molecule has 0 aliphatic carbocycles. The van der Waals surface area contributed by atoms with E-state index in [4.69, 9.17) is 5.73 Å². The number of nitro groups is 1. The lowest BCUT2D eigenvalue weighted by molar-refractivity contribution is -0.385. The highest BCUT2D eigenvalue weighted by molar-refractivity contribution is 5.42. The predicted octanol–water partition coefficient (Wildman–Crippen LogP) is 1.36. The summed E-state index contributed by atoms with van der Waals surface area (Å²) in [5.74, 6) is 0. The smallest absolute Gasteiger partial charge is 0.390 e. The third-order valence-corrected chi connectivity index (χ3v) is 2.70. The van der Waals surface area contributed by atoms with E-state index in [0.29, 0.717) is 18.2 Å². The van der Waals surface area contributed by atoms with Crippen molar-refractivity contribution in [3.8, 4) is 0 Å². The Morgan fingerprint density at radius 1 is 1.35 bits per heavy atom. The molecule has 0 spiro atoms. The maximum absolute atomic E-state index is 12.8. The minimum atomic E-state index is -4.80. The zero-order valence-corrected chi connectivity index (χ0v) is 10.2. The molecule has 0 bridgehead atoms. The Labute approximate surface area is 111 Å². The number of non-ortho nitro benzene ring substituents is 1. The quantitative estimate of drug-likeness (QED) is 0.561. The molecule has 0 aromatic heterocycles. The van der Waals surface area contributed by atoms with E-state index in [1.807, 2.05) is 0 Å². The first kappa shape index (κ1) is 16.3. The molecule has 6 nitrogen and oxygen atoms in total. The van der Waals surface area contributed by atoms with E-state index >= 15 is 0 Å². The normalized spacial score (nSPS) is 14.9. The molecule has 2 unspecified atom stereocenters. The summed E-state index contributed by atoms with van der Waals surface area (Å²) in [6, 6.07) is 1.80. The molecule has 0 aliphatic rings. The first-order valence-corrected chi connectivity index (χ1v) is 5.60. The highest BCUT2D eigenvalue weighted by Crippen LogP contribution is 2.37. The minimum Gasteiger partial charge on any atom is -0.390 e. The van der Waals surface area contributed by atoms with Gasteiger partial charge in [-0.1, -0.05) is 0 Å². The first-order chi connectivity index (χ1) is 9.18. The summed E-state index contributed by atoms with van der Waals surface area (Å²) < 4.78 is 38.4. The van der Waals surface area contributed by atoms with Gasteiger partial charge in [-0.2, -0.15) is 13.2 Å². The van der Waals surface area contributed by atoms with Gasteiger partial charge in [0.1, 0.15) is 6.10 Å². The van der Waals surface area contributed by atoms with Crippen LogP contribution in [0.3, 0.4) is 0 Å². The molecule has 2 atom stereocenters. The van der Waals surface area contributed by atoms with Crippen molar-refractivity contribution in [2.24, 2.45) is 5.73 Å². The van der Waals surface area contributed by atoms with Gasteiger partial charge in [-0.05, 0) is 19.0 Å². The van der Waals surface area contributed by atoms with Crippen LogP contribution in [0.5, 0.6) is 0 Å². The number of halogens is 3. The lowest BCUT2D eigenvalue weighted by atomic mass is 9.96. The summed E-state index contributed by atoms with van der Waals surface area (Å²) in [5.41, 5.74) is 2.57. The molecular weight excluding hydrogens is 281 g/mol. The number of hydrogen-bond acceptors (Lipinski definition) is 5. The van der Waals surface area contributed by atoms with Gasteiger partial charge in [0.2, 0.25) is 0 Å². The maximum atomic E-state index is 12.8. The van der Waals surface area contributed by atoms with Crippen LogP contribution in [0.2, 0.25) is 0 Å². The molecule has 1 rings (SSSR count). The summed E-state index contributed by atoms with van der Waals surface area (Å²) in [5, 5.41) is 29.9. The van der Waals surface area contributed by atoms with Crippen molar-refractivity contribution in [2.75, 3.05) is 6.54 Å². The van der Waals surface area contributed by atoms with Crippen molar-refractivity contribution in [3.05, 3.63) is 39.4 Å². The molecule has 0 saturated carbocycles. The van der Waals surface area contributed by atoms with Gasteiger partial charge in [0.05, 0.1) is 16.6 Å². The third kappa shape index (κ3) is 3.65. The highest BCUT2D eigenvalue weighted by Gasteiger charge is 2.37. The molecule has 0 saturated heterocycles. The van der Waals surface area contributed by atoms with E-state index in [0.717, 1.165) is 0 Å². The van der Waals surface area contributed by atoms with E-state index in [1.54, 1.807) is 0 Å². The van der Waals surface area contributed by atoms with Crippen molar-refractivity contribution in [1.82, 2.24) is 0 Å². The van der Waals surface area contributed by atoms with Crippen molar-refractivity contribution in [2.45, 2.75) is 24.8 Å². The van der Waals surface area contributed by atoms with E-state index in [9.17, 15) is 33.5 Å². The van der Waals surface area contributed by atoms with Crippen LogP contribution in [-0.2, 0) is 6.18 Å². The van der Waals surface area contributed by atoms with Crippen molar-refractivity contribution >= 4 is 5.69 Å². The van der Waals surface area contributed by atoms with Crippen molar-refractivity contribution in [1.29, 1.82) is 0 Å². The fourth-order valence-electron chi connectivity index (χ4n) is 1.70. The van der Waals surface area contributed by atoms with Crippen LogP contribution in [-0.4, -0.2) is 27.8 Å². The first-order valence-electron chi connectivity index (χ1n) is 5.60. The standard InChI is InChI=1S/C11H13F3N2O4/c12-11(13,14)8-2-1-6(16(19)20)5-7(8)10(18)9(17)3-4-15/h1-2,5,9-10,17-18H,3-4,15H2. The Balaban J connectivity index is 3.31. The van der Waals surface area contributed by atoms with Crippen LogP contribution in [0.4, 0.5) is 18.9 Å². The van der Waals surface area contributed by atoms with Crippen LogP contribution < -0.4 is 5.73 Å². The number of alkyl halides is 3. The van der Waals surface area contributed by atoms with E-state index in [2.05, 4.69) is 0 Å². The van der Waals surface area contributed by atoms with Crippen molar-refractivity contribution < 1.29 is 28.3 Å². The summed E-state index contributed by atoms with van der Waals surface area (Å²) >= 11 is 0. The number of benzene rings is 1. The van der Waals surface area contributed by atoms with Gasteiger partial charge in [0.25, 0.3) is 5.69 Å². The second-order valence-corrected chi connectivity index (χ2v) is 4.12. The summed E-state index contributed by atoms with van der Waals surface area (Å²) in [6.07, 6.45) is -8.38. The van der Waals surface area contributed by atoms with E-state index in [1.165, 1.54) is 0 Å². The van der Waals surface area contributed by atoms with Crippen molar-refractivity contribution in [3.63, 3.8) is 0 Å². The number of nitrogens with zero attached hydrogens (tertiary/aromatic N) is 1. The monoisotopic (exact) mass is 294 g/mol. The molecule has 0 radical (unpaired) electrons. The zero-order chi connectivity index (χ0) is 15.5. The molecule has 20 heavy (non-hydrogen) atoms. The zero-order valence-electron chi connectivity index (χ0n) is 10.2. The van der Waals surface area contributed by atoms with Crippen LogP contribution in [0.1, 0.15) is 23.7 Å². The van der Waals surface area contributed by atoms with Crippen LogP contribution in [0, 0.1) is 10.1 Å². The fraction of sp³-hybridized carbons (Fsp3) is 0.455. The molecular formula is C11H13F3N2O4. The SMILES string of the molecule is NCCC(O)C(O)c1cc([N+](=O)[O-])ccc1C(F)(F)F. The average molecular weight is 294 g/mol. The van der Waals surface area contributed by atoms with Gasteiger partial charge in [-0.25, -0.2) is 0 Å². The maximum Gasteiger partial charge on any atom is 0.416 e. The molecule has 0 aliphatic heterocycles. The Morgan fingerprint density at radius 3 is 2.40 bits per heavy atom. The Kier molecular flexibility index (Phi) is 5.03. The Morgan fingerprint density at radius 2 is 1.95 bits per heavy atom. The van der Waals surface area contributed by atoms with Gasteiger partial charge in [-0.15, -0.1) is 0 Å². The number of aliphatic hydroxyl groups is 2. The summed E-state index contributed by atoms with van der Waals surface area (Å²) in [7, 11) is 0. The number of hydrogen-bond donors (Lipinski definition) is 3. The lowest BCUT2D eigenvalue weighted by Crippen LogP contribution is -2.24. The van der Waals surface area contributed by atoms with Gasteiger partial charge in [-0.3, -0.25) is 10.1 Å². The lowest BCUT2D eigenvalue weighted by Gasteiger charge is -2.21. The predicted molar refractivity (Wildman–Crippen MR) is 62.7 cm³/mol. The van der Waals surface area contributed by atoms with E-state index < -0.39 is 40.1 Å². The highest BCUT2D eigenvalue weighted by atomic mass is 19.4. The number of nitrogens with two attached hydrogens (primary N) is 1. The molecule has 0 fully saturated rings. The van der Waals surface area contributed by atoms with Gasteiger partial charge >= 0.3 is 6.18 Å². The number of rotatable bonds is 5. The molecule has 0 heterocycles. The van der Waals surface area contributed by atoms with Gasteiger partial charge in [0.15, 0.2) is 0 Å². The average Bonchev–Trinajstić information content (AvgIpc) is 2.36. The third-order valence-electron chi connectivity index (χ3n) is 2.70. The molecule has 112 valence electrons. The molecule has 9 heteroatoms. The topological polar surface area (TPSA) is 110 Å². The second-order valence-electron chi connectivity index (χ2n) is 4.12. The Bertz CT molecular complexity index is 493. The second kappa shape index (κ2) is 6.16. The number of aliphatic hydroxyl groups excluding tert-OH is 2. The minimum absolute atomic E-state index is 0.0471.